The number of carbonyl (C=O) groups is 1. The topological polar surface area (TPSA) is 64.4 Å². The van der Waals surface area contributed by atoms with Crippen LogP contribution in [0, 0.1) is 17.8 Å². The maximum Gasteiger partial charge on any atom is 0.223 e. The molecule has 1 heterocycles. The maximum absolute atomic E-state index is 11.9. The van der Waals surface area contributed by atoms with Gasteiger partial charge in [0.25, 0.3) is 0 Å². The lowest BCUT2D eigenvalue weighted by Crippen LogP contribution is -2.69. The number of amides is 1. The number of ether oxygens (including phenoxy) is 1. The van der Waals surface area contributed by atoms with Crippen LogP contribution in [0.3, 0.4) is 0 Å². The summed E-state index contributed by atoms with van der Waals surface area (Å²) in [6, 6.07) is 0.157. The van der Waals surface area contributed by atoms with Gasteiger partial charge in [-0.2, -0.15) is 0 Å². The molecule has 2 saturated carbocycles. The van der Waals surface area contributed by atoms with Gasteiger partial charge in [0.1, 0.15) is 0 Å². The Balaban J connectivity index is 1.56. The van der Waals surface area contributed by atoms with Crippen LogP contribution >= 0.6 is 0 Å². The SMILES string of the molecule is CC(C(=O)NC1C(N)C2CCOC21)C1CC1. The Kier molecular flexibility index (Phi) is 2.44. The zero-order valence-electron chi connectivity index (χ0n) is 9.69. The molecule has 2 aliphatic carbocycles. The molecule has 4 heteroatoms. The summed E-state index contributed by atoms with van der Waals surface area (Å²) in [5.41, 5.74) is 6.05. The number of carbonyl (C=O) groups excluding carboxylic acids is 1. The van der Waals surface area contributed by atoms with Gasteiger partial charge in [-0.25, -0.2) is 0 Å². The molecule has 0 aromatic heterocycles. The summed E-state index contributed by atoms with van der Waals surface area (Å²) in [6.07, 6.45) is 3.64. The zero-order chi connectivity index (χ0) is 11.3. The minimum atomic E-state index is 0.0567. The van der Waals surface area contributed by atoms with E-state index in [4.69, 9.17) is 10.5 Å². The van der Waals surface area contributed by atoms with Crippen LogP contribution in [0.2, 0.25) is 0 Å². The number of nitrogens with one attached hydrogen (secondary N) is 1. The van der Waals surface area contributed by atoms with Gasteiger partial charge in [-0.05, 0) is 25.2 Å². The lowest BCUT2D eigenvalue weighted by molar-refractivity contribution is -0.129. The second-order valence-corrected chi connectivity index (χ2v) is 5.53. The number of rotatable bonds is 3. The fraction of sp³-hybridized carbons (Fsp3) is 0.917. The van der Waals surface area contributed by atoms with E-state index in [1.807, 2.05) is 6.92 Å². The molecule has 1 saturated heterocycles. The Morgan fingerprint density at radius 3 is 2.88 bits per heavy atom. The largest absolute Gasteiger partial charge is 0.376 e. The number of hydrogen-bond donors (Lipinski definition) is 2. The zero-order valence-corrected chi connectivity index (χ0v) is 9.69. The van der Waals surface area contributed by atoms with E-state index in [0.29, 0.717) is 11.8 Å². The van der Waals surface area contributed by atoms with Crippen LogP contribution in [0.15, 0.2) is 0 Å². The van der Waals surface area contributed by atoms with Crippen LogP contribution in [-0.2, 0) is 9.53 Å². The van der Waals surface area contributed by atoms with Crippen molar-refractivity contribution < 1.29 is 9.53 Å². The Morgan fingerprint density at radius 1 is 1.44 bits per heavy atom. The Hall–Kier alpha value is -0.610. The van der Waals surface area contributed by atoms with Gasteiger partial charge in [-0.1, -0.05) is 6.92 Å². The minimum Gasteiger partial charge on any atom is -0.376 e. The minimum absolute atomic E-state index is 0.0567. The third-order valence-electron chi connectivity index (χ3n) is 4.50. The molecule has 1 amide bonds. The molecule has 3 N–H and O–H groups in total. The first-order valence-corrected chi connectivity index (χ1v) is 6.36. The quantitative estimate of drug-likeness (QED) is 0.723. The van der Waals surface area contributed by atoms with Crippen molar-refractivity contribution in [3.05, 3.63) is 0 Å². The third kappa shape index (κ3) is 1.55. The number of nitrogens with two attached hydrogens (primary N) is 1. The van der Waals surface area contributed by atoms with E-state index >= 15 is 0 Å². The first kappa shape index (κ1) is 10.5. The van der Waals surface area contributed by atoms with Gasteiger partial charge in [0.05, 0.1) is 12.1 Å². The van der Waals surface area contributed by atoms with E-state index in [0.717, 1.165) is 13.0 Å². The van der Waals surface area contributed by atoms with Crippen LogP contribution in [0.5, 0.6) is 0 Å². The average Bonchev–Trinajstić information content (AvgIpc) is 3.04. The molecular formula is C12H20N2O2. The van der Waals surface area contributed by atoms with Gasteiger partial charge < -0.3 is 15.8 Å². The molecule has 0 aromatic carbocycles. The van der Waals surface area contributed by atoms with E-state index in [9.17, 15) is 4.79 Å². The predicted molar refractivity (Wildman–Crippen MR) is 59.6 cm³/mol. The molecule has 16 heavy (non-hydrogen) atoms. The van der Waals surface area contributed by atoms with Crippen LogP contribution in [0.1, 0.15) is 26.2 Å². The molecule has 90 valence electrons. The Labute approximate surface area is 95.9 Å². The van der Waals surface area contributed by atoms with Gasteiger partial charge in [0, 0.05) is 24.5 Å². The van der Waals surface area contributed by atoms with Crippen LogP contribution < -0.4 is 11.1 Å². The second-order valence-electron chi connectivity index (χ2n) is 5.53. The van der Waals surface area contributed by atoms with Crippen molar-refractivity contribution in [2.75, 3.05) is 6.61 Å². The lowest BCUT2D eigenvalue weighted by Gasteiger charge is -2.45. The summed E-state index contributed by atoms with van der Waals surface area (Å²) in [5, 5.41) is 3.07. The number of hydrogen-bond acceptors (Lipinski definition) is 3. The second kappa shape index (κ2) is 3.70. The first-order valence-electron chi connectivity index (χ1n) is 6.36. The molecule has 5 unspecified atom stereocenters. The van der Waals surface area contributed by atoms with E-state index < -0.39 is 0 Å². The van der Waals surface area contributed by atoms with Gasteiger partial charge in [0.2, 0.25) is 5.91 Å². The van der Waals surface area contributed by atoms with E-state index in [2.05, 4.69) is 5.32 Å². The Bertz CT molecular complexity index is 303. The Morgan fingerprint density at radius 2 is 2.19 bits per heavy atom. The third-order valence-corrected chi connectivity index (χ3v) is 4.50. The van der Waals surface area contributed by atoms with E-state index in [-0.39, 0.29) is 30.0 Å². The molecule has 0 radical (unpaired) electrons. The molecule has 4 nitrogen and oxygen atoms in total. The van der Waals surface area contributed by atoms with Crippen molar-refractivity contribution in [2.24, 2.45) is 23.5 Å². The van der Waals surface area contributed by atoms with Crippen LogP contribution in [-0.4, -0.2) is 30.7 Å². The van der Waals surface area contributed by atoms with Gasteiger partial charge in [-0.15, -0.1) is 0 Å². The van der Waals surface area contributed by atoms with Crippen molar-refractivity contribution in [3.63, 3.8) is 0 Å². The molecule has 0 bridgehead atoms. The lowest BCUT2D eigenvalue weighted by atomic mass is 9.72. The molecule has 3 rings (SSSR count). The van der Waals surface area contributed by atoms with E-state index in [1.165, 1.54) is 12.8 Å². The fourth-order valence-corrected chi connectivity index (χ4v) is 3.03. The highest BCUT2D eigenvalue weighted by molar-refractivity contribution is 5.79. The first-order chi connectivity index (χ1) is 7.68. The monoisotopic (exact) mass is 224 g/mol. The molecule has 0 aromatic rings. The summed E-state index contributed by atoms with van der Waals surface area (Å²) < 4.78 is 5.60. The summed E-state index contributed by atoms with van der Waals surface area (Å²) in [6.45, 7) is 2.82. The maximum atomic E-state index is 11.9. The summed E-state index contributed by atoms with van der Waals surface area (Å²) in [7, 11) is 0. The fourth-order valence-electron chi connectivity index (χ4n) is 3.03. The van der Waals surface area contributed by atoms with Gasteiger partial charge >= 0.3 is 0 Å². The van der Waals surface area contributed by atoms with Crippen LogP contribution in [0.25, 0.3) is 0 Å². The average molecular weight is 224 g/mol. The van der Waals surface area contributed by atoms with Crippen LogP contribution in [0.4, 0.5) is 0 Å². The molecule has 0 spiro atoms. The number of fused-ring (bicyclic) bond motifs is 1. The molecule has 3 aliphatic rings. The van der Waals surface area contributed by atoms with E-state index in [1.54, 1.807) is 0 Å². The van der Waals surface area contributed by atoms with Crippen molar-refractivity contribution in [1.82, 2.24) is 5.32 Å². The van der Waals surface area contributed by atoms with Crippen molar-refractivity contribution in [1.29, 1.82) is 0 Å². The molecule has 3 fully saturated rings. The summed E-state index contributed by atoms with van der Waals surface area (Å²) in [5.74, 6) is 1.39. The van der Waals surface area contributed by atoms with Gasteiger partial charge in [-0.3, -0.25) is 4.79 Å². The van der Waals surface area contributed by atoms with Crippen molar-refractivity contribution in [3.8, 4) is 0 Å². The van der Waals surface area contributed by atoms with Crippen molar-refractivity contribution >= 4 is 5.91 Å². The highest BCUT2D eigenvalue weighted by Crippen LogP contribution is 2.39. The summed E-state index contributed by atoms with van der Waals surface area (Å²) >= 11 is 0. The predicted octanol–water partition coefficient (Wildman–Crippen LogP) is 0.263. The van der Waals surface area contributed by atoms with Crippen molar-refractivity contribution in [2.45, 2.75) is 44.4 Å². The smallest absolute Gasteiger partial charge is 0.223 e. The molecule has 5 atom stereocenters. The highest BCUT2D eigenvalue weighted by Gasteiger charge is 2.53. The standard InChI is InChI=1S/C12H20N2O2/c1-6(7-2-3-7)12(15)14-10-9(13)8-4-5-16-11(8)10/h6-11H,2-5,13H2,1H3,(H,14,15). The highest BCUT2D eigenvalue weighted by atomic mass is 16.5. The summed E-state index contributed by atoms with van der Waals surface area (Å²) in [4.78, 5) is 11.9. The normalized spacial score (nSPS) is 43.4. The molecule has 1 aliphatic heterocycles. The molecular weight excluding hydrogens is 204 g/mol. The van der Waals surface area contributed by atoms with Gasteiger partial charge in [0.15, 0.2) is 0 Å².